The molecule has 0 aromatic rings. The van der Waals surface area contributed by atoms with Crippen LogP contribution in [0.15, 0.2) is 0 Å². The lowest BCUT2D eigenvalue weighted by Gasteiger charge is -2.39. The van der Waals surface area contributed by atoms with Gasteiger partial charge in [0.25, 0.3) is 0 Å². The predicted octanol–water partition coefficient (Wildman–Crippen LogP) is 3.89. The highest BCUT2D eigenvalue weighted by molar-refractivity contribution is 8.00. The van der Waals surface area contributed by atoms with Gasteiger partial charge in [-0.1, -0.05) is 39.0 Å². The molecule has 1 amide bonds. The largest absolute Gasteiger partial charge is 0.462 e. The molecule has 0 aromatic carbocycles. The Kier molecular flexibility index (Phi) is 10.7. The molecule has 0 unspecified atom stereocenters. The molecular formula is C19H31NO3S. The van der Waals surface area contributed by atoms with E-state index >= 15 is 0 Å². The number of hydrogen-bond acceptors (Lipinski definition) is 4. The average Bonchev–Trinajstić information content (AvgIpc) is 2.52. The van der Waals surface area contributed by atoms with Gasteiger partial charge in [0, 0.05) is 12.8 Å². The number of rotatable bonds is 13. The number of unbranched alkanes of at least 4 members (excludes halogenated alkanes) is 6. The van der Waals surface area contributed by atoms with Crippen molar-refractivity contribution in [1.82, 2.24) is 5.32 Å². The number of thioether (sulfide) groups is 1. The van der Waals surface area contributed by atoms with Gasteiger partial charge >= 0.3 is 5.97 Å². The normalized spacial score (nSPS) is 20.6. The molecule has 0 radical (unpaired) electrons. The molecule has 1 N–H and O–H groups in total. The third-order valence-electron chi connectivity index (χ3n) is 4.23. The molecule has 24 heavy (non-hydrogen) atoms. The van der Waals surface area contributed by atoms with E-state index in [0.29, 0.717) is 19.3 Å². The Hall–Kier alpha value is -1.15. The molecule has 5 heteroatoms. The Morgan fingerprint density at radius 1 is 1.29 bits per heavy atom. The van der Waals surface area contributed by atoms with Crippen LogP contribution in [0.1, 0.15) is 71.6 Å². The van der Waals surface area contributed by atoms with E-state index in [2.05, 4.69) is 18.2 Å². The van der Waals surface area contributed by atoms with Crippen LogP contribution in [-0.2, 0) is 14.3 Å². The van der Waals surface area contributed by atoms with E-state index in [1.807, 2.05) is 0 Å². The van der Waals surface area contributed by atoms with Gasteiger partial charge in [-0.3, -0.25) is 9.59 Å². The third kappa shape index (κ3) is 7.61. The molecule has 1 aliphatic rings. The lowest BCUT2D eigenvalue weighted by molar-refractivity contribution is -0.156. The number of amides is 1. The zero-order valence-corrected chi connectivity index (χ0v) is 15.8. The van der Waals surface area contributed by atoms with E-state index in [9.17, 15) is 9.59 Å². The SMILES string of the molecule is C#CCCCC(=O)O[C@H](C)[C@@H]1C(=O)N[C@@H]1SCCCCCCCC. The first-order valence-corrected chi connectivity index (χ1v) is 10.2. The number of nitrogens with one attached hydrogen (secondary N) is 1. The van der Waals surface area contributed by atoms with Gasteiger partial charge in [-0.15, -0.1) is 24.1 Å². The number of β-lactam (4-membered cyclic amide) rings is 1. The standard InChI is InChI=1S/C19H31NO3S/c1-4-6-8-9-10-12-14-24-19-17(18(22)20-19)15(3)23-16(21)13-11-7-5-2/h2,15,17,19H,4,6-14H2,1,3H3,(H,20,22)/t15-,17-,19-/m1/s1. The van der Waals surface area contributed by atoms with Crippen LogP contribution in [0.3, 0.4) is 0 Å². The number of carbonyl (C=O) groups is 2. The first-order chi connectivity index (χ1) is 11.6. The van der Waals surface area contributed by atoms with Crippen LogP contribution >= 0.6 is 11.8 Å². The molecule has 3 atom stereocenters. The van der Waals surface area contributed by atoms with Crippen molar-refractivity contribution in [3.05, 3.63) is 0 Å². The molecule has 0 aliphatic carbocycles. The van der Waals surface area contributed by atoms with Crippen molar-refractivity contribution in [2.75, 3.05) is 5.75 Å². The van der Waals surface area contributed by atoms with Crippen molar-refractivity contribution in [3.8, 4) is 12.3 Å². The Balaban J connectivity index is 2.19. The molecular weight excluding hydrogens is 322 g/mol. The smallest absolute Gasteiger partial charge is 0.306 e. The first-order valence-electron chi connectivity index (χ1n) is 9.15. The molecule has 0 saturated carbocycles. The van der Waals surface area contributed by atoms with Crippen LogP contribution in [-0.4, -0.2) is 29.1 Å². The summed E-state index contributed by atoms with van der Waals surface area (Å²) < 4.78 is 5.39. The van der Waals surface area contributed by atoms with Gasteiger partial charge in [-0.25, -0.2) is 0 Å². The number of ether oxygens (including phenoxy) is 1. The summed E-state index contributed by atoms with van der Waals surface area (Å²) in [6.07, 6.45) is 13.9. The van der Waals surface area contributed by atoms with Crippen molar-refractivity contribution in [2.45, 2.75) is 83.1 Å². The highest BCUT2D eigenvalue weighted by Crippen LogP contribution is 2.30. The molecule has 0 bridgehead atoms. The summed E-state index contributed by atoms with van der Waals surface area (Å²) >= 11 is 1.77. The van der Waals surface area contributed by atoms with Crippen LogP contribution in [0, 0.1) is 18.3 Å². The molecule has 1 heterocycles. The van der Waals surface area contributed by atoms with E-state index in [4.69, 9.17) is 11.2 Å². The number of terminal acetylenes is 1. The minimum Gasteiger partial charge on any atom is -0.462 e. The number of carbonyl (C=O) groups excluding carboxylic acids is 2. The van der Waals surface area contributed by atoms with E-state index in [1.165, 1.54) is 38.5 Å². The van der Waals surface area contributed by atoms with Crippen molar-refractivity contribution in [2.24, 2.45) is 5.92 Å². The Morgan fingerprint density at radius 3 is 2.67 bits per heavy atom. The van der Waals surface area contributed by atoms with Crippen LogP contribution in [0.2, 0.25) is 0 Å². The summed E-state index contributed by atoms with van der Waals surface area (Å²) in [5, 5.41) is 2.99. The minimum atomic E-state index is -0.376. The van der Waals surface area contributed by atoms with Crippen LogP contribution in [0.5, 0.6) is 0 Å². The van der Waals surface area contributed by atoms with Crippen molar-refractivity contribution in [3.63, 3.8) is 0 Å². The quantitative estimate of drug-likeness (QED) is 0.236. The average molecular weight is 354 g/mol. The Labute approximate surface area is 150 Å². The molecule has 0 aromatic heterocycles. The van der Waals surface area contributed by atoms with Crippen molar-refractivity contribution >= 4 is 23.6 Å². The second-order valence-electron chi connectivity index (χ2n) is 6.35. The summed E-state index contributed by atoms with van der Waals surface area (Å²) in [6.45, 7) is 4.03. The first kappa shape index (κ1) is 20.9. The molecule has 1 fully saturated rings. The van der Waals surface area contributed by atoms with Crippen LogP contribution < -0.4 is 5.32 Å². The lowest BCUT2D eigenvalue weighted by atomic mass is 9.95. The Bertz CT molecular complexity index is 433. The van der Waals surface area contributed by atoms with Gasteiger partial charge in [0.15, 0.2) is 0 Å². The summed E-state index contributed by atoms with van der Waals surface area (Å²) in [7, 11) is 0. The topological polar surface area (TPSA) is 55.4 Å². The van der Waals surface area contributed by atoms with Crippen molar-refractivity contribution in [1.29, 1.82) is 0 Å². The van der Waals surface area contributed by atoms with Gasteiger partial charge in [-0.05, 0) is 25.5 Å². The zero-order chi connectivity index (χ0) is 17.8. The fourth-order valence-corrected chi connectivity index (χ4v) is 4.12. The Morgan fingerprint density at radius 2 is 2.00 bits per heavy atom. The molecule has 1 saturated heterocycles. The van der Waals surface area contributed by atoms with E-state index in [1.54, 1.807) is 18.7 Å². The third-order valence-corrected chi connectivity index (χ3v) is 5.53. The maximum atomic E-state index is 11.8. The van der Waals surface area contributed by atoms with Gasteiger partial charge < -0.3 is 10.1 Å². The fraction of sp³-hybridized carbons (Fsp3) is 0.789. The maximum Gasteiger partial charge on any atom is 0.306 e. The van der Waals surface area contributed by atoms with E-state index < -0.39 is 0 Å². The van der Waals surface area contributed by atoms with E-state index in [0.717, 1.165) is 5.75 Å². The molecule has 0 spiro atoms. The molecule has 4 nitrogen and oxygen atoms in total. The molecule has 136 valence electrons. The summed E-state index contributed by atoms with van der Waals surface area (Å²) in [4.78, 5) is 23.5. The lowest BCUT2D eigenvalue weighted by Crippen LogP contribution is -2.60. The summed E-state index contributed by atoms with van der Waals surface area (Å²) in [6, 6.07) is 0. The second-order valence-corrected chi connectivity index (χ2v) is 7.60. The molecule has 1 aliphatic heterocycles. The highest BCUT2D eigenvalue weighted by Gasteiger charge is 2.44. The fourth-order valence-electron chi connectivity index (χ4n) is 2.74. The van der Waals surface area contributed by atoms with Crippen LogP contribution in [0.4, 0.5) is 0 Å². The minimum absolute atomic E-state index is 0.0145. The molecule has 1 rings (SSSR count). The second kappa shape index (κ2) is 12.2. The van der Waals surface area contributed by atoms with E-state index in [-0.39, 0.29) is 29.3 Å². The number of hydrogen-bond donors (Lipinski definition) is 1. The number of esters is 1. The zero-order valence-electron chi connectivity index (χ0n) is 15.0. The van der Waals surface area contributed by atoms with Gasteiger partial charge in [0.1, 0.15) is 12.0 Å². The summed E-state index contributed by atoms with van der Waals surface area (Å²) in [5.41, 5.74) is 0. The van der Waals surface area contributed by atoms with Crippen molar-refractivity contribution < 1.29 is 14.3 Å². The van der Waals surface area contributed by atoms with Gasteiger partial charge in [0.2, 0.25) is 5.91 Å². The summed E-state index contributed by atoms with van der Waals surface area (Å²) in [5.74, 6) is 3.03. The predicted molar refractivity (Wildman–Crippen MR) is 99.5 cm³/mol. The van der Waals surface area contributed by atoms with Gasteiger partial charge in [0.05, 0.1) is 5.37 Å². The van der Waals surface area contributed by atoms with Crippen LogP contribution in [0.25, 0.3) is 0 Å². The monoisotopic (exact) mass is 353 g/mol. The maximum absolute atomic E-state index is 11.8. The highest BCUT2D eigenvalue weighted by atomic mass is 32.2. The van der Waals surface area contributed by atoms with Gasteiger partial charge in [-0.2, -0.15) is 0 Å².